The highest BCUT2D eigenvalue weighted by atomic mass is 15.2. The fourth-order valence-corrected chi connectivity index (χ4v) is 15.6. The maximum atomic E-state index is 2.80. The standard InChI is InChI=1S/C72H89BN2/c1-42-33-50-53(70(16,17)31-29-67(50,10)11)40-57(42)75-58-37-45-49(72(20,21)48-24-22-23-47(62(45)48)65(5,6)7)38-55(58)73-56-39-52-54(71(18,19)32-30-69(52,14)15)41-59(56)74(60-34-43(64(2,3)4)35-61(75)63(60)73)44-25-26-46-51(36-44)68(12,13)28-27-66(46,8)9/h22-26,33-41H,27-32H2,1-21H3. The Labute approximate surface area is 454 Å². The molecule has 0 bridgehead atoms. The fraction of sp³-hybridized carbons (Fsp3) is 0.500. The SMILES string of the molecule is Cc1cc2c(cc1N1c3cc4c(cc3B3c5cc6c(cc5N(c5ccc7c(c5)C(C)(C)CCC7(C)C)c5cc(C(C)(C)C)cc1c53)C(C)(C)CCC6(C)C)C(C)(C)c1cccc(C(C)(C)C)c1-4)C(C)(C)CCC2(C)C. The zero-order chi connectivity index (χ0) is 54.1. The van der Waals surface area contributed by atoms with E-state index in [1.54, 1.807) is 0 Å². The lowest BCUT2D eigenvalue weighted by molar-refractivity contribution is 0.332. The van der Waals surface area contributed by atoms with E-state index in [0.717, 1.165) is 0 Å². The highest BCUT2D eigenvalue weighted by Gasteiger charge is 2.50. The normalized spacial score (nSPS) is 21.2. The van der Waals surface area contributed by atoms with Crippen molar-refractivity contribution in [2.75, 3.05) is 9.80 Å². The molecule has 12 rings (SSSR count). The number of fused-ring (bicyclic) bond motifs is 10. The van der Waals surface area contributed by atoms with Crippen molar-refractivity contribution in [3.05, 3.63) is 146 Å². The second-order valence-electron chi connectivity index (χ2n) is 31.5. The predicted molar refractivity (Wildman–Crippen MR) is 326 cm³/mol. The van der Waals surface area contributed by atoms with Gasteiger partial charge in [-0.1, -0.05) is 181 Å². The maximum absolute atomic E-state index is 2.80. The van der Waals surface area contributed by atoms with Crippen LogP contribution in [0.3, 0.4) is 0 Å². The lowest BCUT2D eigenvalue weighted by Crippen LogP contribution is -2.62. The second-order valence-corrected chi connectivity index (χ2v) is 31.5. The van der Waals surface area contributed by atoms with Gasteiger partial charge in [-0.2, -0.15) is 0 Å². The van der Waals surface area contributed by atoms with Crippen LogP contribution in [0.25, 0.3) is 11.1 Å². The molecule has 0 N–H and O–H groups in total. The van der Waals surface area contributed by atoms with Crippen LogP contribution in [0.5, 0.6) is 0 Å². The Morgan fingerprint density at radius 1 is 0.400 bits per heavy atom. The number of nitrogens with zero attached hydrogens (tertiary/aromatic N) is 2. The largest absolute Gasteiger partial charge is 0.311 e. The van der Waals surface area contributed by atoms with Crippen molar-refractivity contribution in [2.24, 2.45) is 0 Å². The van der Waals surface area contributed by atoms with Gasteiger partial charge in [0.05, 0.1) is 0 Å². The third-order valence-electron chi connectivity index (χ3n) is 21.0. The summed E-state index contributed by atoms with van der Waals surface area (Å²) in [6.07, 6.45) is 7.11. The van der Waals surface area contributed by atoms with Crippen LogP contribution in [-0.4, -0.2) is 6.71 Å². The molecule has 0 fully saturated rings. The average molecular weight is 993 g/mol. The summed E-state index contributed by atoms with van der Waals surface area (Å²) < 4.78 is 0. The molecule has 0 unspecified atom stereocenters. The van der Waals surface area contributed by atoms with Gasteiger partial charge in [0.1, 0.15) is 0 Å². The monoisotopic (exact) mass is 993 g/mol. The molecule has 75 heavy (non-hydrogen) atoms. The summed E-state index contributed by atoms with van der Waals surface area (Å²) in [4.78, 5) is 5.57. The molecule has 3 heteroatoms. The van der Waals surface area contributed by atoms with Crippen LogP contribution in [0.15, 0.2) is 84.9 Å². The maximum Gasteiger partial charge on any atom is 0.252 e. The first kappa shape index (κ1) is 50.8. The molecule has 6 aromatic rings. The Bertz CT molecular complexity index is 3460. The van der Waals surface area contributed by atoms with Gasteiger partial charge in [-0.25, -0.2) is 0 Å². The predicted octanol–water partition coefficient (Wildman–Crippen LogP) is 18.0. The number of rotatable bonds is 2. The molecule has 2 aliphatic heterocycles. The van der Waals surface area contributed by atoms with Crippen LogP contribution in [0.2, 0.25) is 0 Å². The van der Waals surface area contributed by atoms with Gasteiger partial charge in [0.25, 0.3) is 6.71 Å². The van der Waals surface area contributed by atoms with E-state index in [0.29, 0.717) is 0 Å². The average Bonchev–Trinajstić information content (AvgIpc) is 3.54. The Kier molecular flexibility index (Phi) is 10.4. The van der Waals surface area contributed by atoms with Gasteiger partial charge in [-0.05, 0) is 220 Å². The summed E-state index contributed by atoms with van der Waals surface area (Å²) in [6.45, 7) is 51.9. The first-order valence-corrected chi connectivity index (χ1v) is 29.2. The Morgan fingerprint density at radius 2 is 0.853 bits per heavy atom. The quantitative estimate of drug-likeness (QED) is 0.159. The Hall–Kier alpha value is -5.02. The van der Waals surface area contributed by atoms with Gasteiger partial charge < -0.3 is 9.80 Å². The van der Waals surface area contributed by atoms with Gasteiger partial charge >= 0.3 is 0 Å². The van der Waals surface area contributed by atoms with Crippen molar-refractivity contribution in [3.8, 4) is 11.1 Å². The minimum Gasteiger partial charge on any atom is -0.311 e. The van der Waals surface area contributed by atoms with E-state index >= 15 is 0 Å². The molecule has 0 saturated carbocycles. The molecule has 0 amide bonds. The molecule has 2 heterocycles. The van der Waals surface area contributed by atoms with E-state index in [-0.39, 0.29) is 55.4 Å². The fourth-order valence-electron chi connectivity index (χ4n) is 15.6. The van der Waals surface area contributed by atoms with Crippen molar-refractivity contribution in [3.63, 3.8) is 0 Å². The van der Waals surface area contributed by atoms with Crippen molar-refractivity contribution >= 4 is 57.2 Å². The molecule has 0 aromatic heterocycles. The zero-order valence-corrected chi connectivity index (χ0v) is 50.3. The Morgan fingerprint density at radius 3 is 1.39 bits per heavy atom. The molecule has 0 saturated heterocycles. The van der Waals surface area contributed by atoms with Gasteiger partial charge in [0.2, 0.25) is 0 Å². The first-order chi connectivity index (χ1) is 34.6. The Balaban J connectivity index is 1.26. The van der Waals surface area contributed by atoms with E-state index in [9.17, 15) is 0 Å². The highest BCUT2D eigenvalue weighted by molar-refractivity contribution is 7.00. The van der Waals surface area contributed by atoms with E-state index < -0.39 is 0 Å². The molecule has 2 nitrogen and oxygen atoms in total. The van der Waals surface area contributed by atoms with E-state index in [1.807, 2.05) is 0 Å². The summed E-state index contributed by atoms with van der Waals surface area (Å²) in [5, 5.41) is 0. The lowest BCUT2D eigenvalue weighted by Gasteiger charge is -2.49. The molecule has 6 aromatic carbocycles. The smallest absolute Gasteiger partial charge is 0.252 e. The number of anilines is 6. The summed E-state index contributed by atoms with van der Waals surface area (Å²) >= 11 is 0. The van der Waals surface area contributed by atoms with Crippen LogP contribution in [0, 0.1) is 6.92 Å². The third-order valence-corrected chi connectivity index (χ3v) is 21.0. The van der Waals surface area contributed by atoms with E-state index in [4.69, 9.17) is 0 Å². The molecular formula is C72H89BN2. The van der Waals surface area contributed by atoms with E-state index in [2.05, 4.69) is 240 Å². The summed E-state index contributed by atoms with van der Waals surface area (Å²) in [5.41, 5.74) is 31.4. The highest BCUT2D eigenvalue weighted by Crippen LogP contribution is 2.58. The number of benzene rings is 6. The van der Waals surface area contributed by atoms with Crippen molar-refractivity contribution < 1.29 is 0 Å². The van der Waals surface area contributed by atoms with Crippen LogP contribution >= 0.6 is 0 Å². The van der Waals surface area contributed by atoms with Gasteiger partial charge in [-0.15, -0.1) is 0 Å². The van der Waals surface area contributed by atoms with Crippen LogP contribution in [-0.2, 0) is 48.7 Å². The molecule has 6 aliphatic rings. The number of hydrogen-bond acceptors (Lipinski definition) is 2. The summed E-state index contributed by atoms with van der Waals surface area (Å²) in [7, 11) is 0. The minimum atomic E-state index is -0.183. The number of aryl methyl sites for hydroxylation is 1. The van der Waals surface area contributed by atoms with Crippen molar-refractivity contribution in [1.82, 2.24) is 0 Å². The summed E-state index contributed by atoms with van der Waals surface area (Å²) in [5.74, 6) is 0. The molecule has 0 radical (unpaired) electrons. The van der Waals surface area contributed by atoms with E-state index in [1.165, 1.54) is 161 Å². The van der Waals surface area contributed by atoms with Crippen LogP contribution in [0.4, 0.5) is 34.1 Å². The van der Waals surface area contributed by atoms with Crippen LogP contribution in [0.1, 0.15) is 238 Å². The van der Waals surface area contributed by atoms with Gasteiger partial charge in [0.15, 0.2) is 0 Å². The topological polar surface area (TPSA) is 6.48 Å². The summed E-state index contributed by atoms with van der Waals surface area (Å²) in [6, 6.07) is 36.3. The number of hydrogen-bond donors (Lipinski definition) is 0. The van der Waals surface area contributed by atoms with Gasteiger partial charge in [-0.3, -0.25) is 0 Å². The van der Waals surface area contributed by atoms with Crippen molar-refractivity contribution in [2.45, 2.75) is 233 Å². The molecule has 0 atom stereocenters. The first-order valence-electron chi connectivity index (χ1n) is 29.2. The molecule has 390 valence electrons. The van der Waals surface area contributed by atoms with Crippen LogP contribution < -0.4 is 26.2 Å². The minimum absolute atomic E-state index is 0.0147. The molecular weight excluding hydrogens is 904 g/mol. The molecule has 0 spiro atoms. The second kappa shape index (κ2) is 15.4. The molecule has 4 aliphatic carbocycles. The van der Waals surface area contributed by atoms with Crippen molar-refractivity contribution in [1.29, 1.82) is 0 Å². The third kappa shape index (κ3) is 7.22. The zero-order valence-electron chi connectivity index (χ0n) is 50.3. The van der Waals surface area contributed by atoms with Gasteiger partial charge in [0, 0.05) is 39.5 Å². The lowest BCUT2D eigenvalue weighted by atomic mass is 9.32.